The molecule has 2 N–H and O–H groups in total. The molecule has 0 aliphatic heterocycles. The van der Waals surface area contributed by atoms with Crippen molar-refractivity contribution in [2.24, 2.45) is 5.92 Å². The number of nitrogens with one attached hydrogen (secondary N) is 2. The van der Waals surface area contributed by atoms with Crippen LogP contribution in [0.1, 0.15) is 43.2 Å². The molecule has 1 saturated carbocycles. The lowest BCUT2D eigenvalue weighted by atomic mass is 9.88. The molecule has 1 aliphatic rings. The molecule has 5 heteroatoms. The number of aryl methyl sites for hydroxylation is 2. The standard InChI is InChI=1S/C23H28N2O2S/c1-16-11-12-17(2)21(13-16)25-22(26)15-28-20-10-6-9-19(14-20)24-23(27)18-7-4-3-5-8-18/h6,9-14,18H,3-5,7-8,15H2,1-2H3,(H,24,27)(H,25,26). The van der Waals surface area contributed by atoms with Gasteiger partial charge in [0.2, 0.25) is 11.8 Å². The molecule has 28 heavy (non-hydrogen) atoms. The third-order valence-corrected chi connectivity index (χ3v) is 6.11. The van der Waals surface area contributed by atoms with Crippen LogP contribution in [0.2, 0.25) is 0 Å². The summed E-state index contributed by atoms with van der Waals surface area (Å²) in [6, 6.07) is 13.8. The lowest BCUT2D eigenvalue weighted by Gasteiger charge is -2.20. The Morgan fingerprint density at radius 1 is 1.00 bits per heavy atom. The predicted octanol–water partition coefficient (Wildman–Crippen LogP) is 5.55. The molecule has 148 valence electrons. The number of carbonyl (C=O) groups excluding carboxylic acids is 2. The maximum absolute atomic E-state index is 12.4. The summed E-state index contributed by atoms with van der Waals surface area (Å²) in [7, 11) is 0. The Hall–Kier alpha value is -2.27. The zero-order valence-corrected chi connectivity index (χ0v) is 17.4. The maximum atomic E-state index is 12.4. The highest BCUT2D eigenvalue weighted by atomic mass is 32.2. The van der Waals surface area contributed by atoms with E-state index in [4.69, 9.17) is 0 Å². The highest BCUT2D eigenvalue weighted by Gasteiger charge is 2.21. The maximum Gasteiger partial charge on any atom is 0.234 e. The van der Waals surface area contributed by atoms with E-state index in [2.05, 4.69) is 10.6 Å². The summed E-state index contributed by atoms with van der Waals surface area (Å²) >= 11 is 1.47. The Balaban J connectivity index is 1.53. The van der Waals surface area contributed by atoms with Crippen LogP contribution in [0.4, 0.5) is 11.4 Å². The average Bonchev–Trinajstić information content (AvgIpc) is 2.70. The van der Waals surface area contributed by atoms with E-state index in [1.165, 1.54) is 18.2 Å². The summed E-state index contributed by atoms with van der Waals surface area (Å²) in [5.41, 5.74) is 3.83. The molecule has 2 aromatic carbocycles. The predicted molar refractivity (Wildman–Crippen MR) is 117 cm³/mol. The Morgan fingerprint density at radius 2 is 1.79 bits per heavy atom. The van der Waals surface area contributed by atoms with E-state index in [9.17, 15) is 9.59 Å². The quantitative estimate of drug-likeness (QED) is 0.629. The average molecular weight is 397 g/mol. The van der Waals surface area contributed by atoms with Crippen LogP contribution in [0.3, 0.4) is 0 Å². The van der Waals surface area contributed by atoms with Crippen LogP contribution in [0.5, 0.6) is 0 Å². The number of hydrogen-bond donors (Lipinski definition) is 2. The molecule has 0 aromatic heterocycles. The Labute approximate surface area is 171 Å². The molecule has 2 aromatic rings. The molecule has 0 radical (unpaired) electrons. The van der Waals surface area contributed by atoms with Crippen LogP contribution in [0.15, 0.2) is 47.4 Å². The lowest BCUT2D eigenvalue weighted by molar-refractivity contribution is -0.120. The topological polar surface area (TPSA) is 58.2 Å². The number of anilines is 2. The summed E-state index contributed by atoms with van der Waals surface area (Å²) in [6.07, 6.45) is 5.49. The second kappa shape index (κ2) is 9.78. The van der Waals surface area contributed by atoms with Crippen LogP contribution in [-0.4, -0.2) is 17.6 Å². The first-order valence-corrected chi connectivity index (χ1v) is 10.9. The lowest BCUT2D eigenvalue weighted by Crippen LogP contribution is -2.24. The second-order valence-corrected chi connectivity index (χ2v) is 8.56. The van der Waals surface area contributed by atoms with E-state index in [0.717, 1.165) is 53.1 Å². The zero-order chi connectivity index (χ0) is 19.9. The van der Waals surface area contributed by atoms with E-state index in [-0.39, 0.29) is 17.7 Å². The van der Waals surface area contributed by atoms with Gasteiger partial charge in [0, 0.05) is 22.2 Å². The van der Waals surface area contributed by atoms with Gasteiger partial charge in [-0.1, -0.05) is 37.5 Å². The Morgan fingerprint density at radius 3 is 2.57 bits per heavy atom. The van der Waals surface area contributed by atoms with Crippen molar-refractivity contribution in [3.05, 3.63) is 53.6 Å². The van der Waals surface area contributed by atoms with Gasteiger partial charge in [0.25, 0.3) is 0 Å². The third-order valence-electron chi connectivity index (χ3n) is 5.11. The zero-order valence-electron chi connectivity index (χ0n) is 16.6. The highest BCUT2D eigenvalue weighted by molar-refractivity contribution is 8.00. The van der Waals surface area contributed by atoms with Gasteiger partial charge in [-0.3, -0.25) is 9.59 Å². The van der Waals surface area contributed by atoms with Crippen LogP contribution >= 0.6 is 11.8 Å². The van der Waals surface area contributed by atoms with Gasteiger partial charge < -0.3 is 10.6 Å². The van der Waals surface area contributed by atoms with E-state index in [0.29, 0.717) is 5.75 Å². The number of carbonyl (C=O) groups is 2. The van der Waals surface area contributed by atoms with Gasteiger partial charge in [-0.05, 0) is 62.1 Å². The fraction of sp³-hybridized carbons (Fsp3) is 0.391. The summed E-state index contributed by atoms with van der Waals surface area (Å²) in [6.45, 7) is 4.00. The van der Waals surface area contributed by atoms with Gasteiger partial charge in [0.05, 0.1) is 5.75 Å². The minimum absolute atomic E-state index is 0.0321. The minimum Gasteiger partial charge on any atom is -0.326 e. The first-order chi connectivity index (χ1) is 13.5. The van der Waals surface area contributed by atoms with Crippen LogP contribution in [0.25, 0.3) is 0 Å². The Bertz CT molecular complexity index is 844. The van der Waals surface area contributed by atoms with Gasteiger partial charge in [-0.2, -0.15) is 0 Å². The summed E-state index contributed by atoms with van der Waals surface area (Å²) in [4.78, 5) is 25.7. The number of thioether (sulfide) groups is 1. The SMILES string of the molecule is Cc1ccc(C)c(NC(=O)CSc2cccc(NC(=O)C3CCCCC3)c2)c1. The molecule has 0 bridgehead atoms. The number of benzene rings is 2. The van der Waals surface area contributed by atoms with Crippen molar-refractivity contribution in [2.45, 2.75) is 50.8 Å². The summed E-state index contributed by atoms with van der Waals surface area (Å²) < 4.78 is 0. The summed E-state index contributed by atoms with van der Waals surface area (Å²) in [5, 5.41) is 6.02. The van der Waals surface area contributed by atoms with Crippen molar-refractivity contribution in [3.63, 3.8) is 0 Å². The van der Waals surface area contributed by atoms with E-state index >= 15 is 0 Å². The molecule has 1 fully saturated rings. The van der Waals surface area contributed by atoms with Crippen molar-refractivity contribution < 1.29 is 9.59 Å². The third kappa shape index (κ3) is 5.86. The van der Waals surface area contributed by atoms with Crippen molar-refractivity contribution in [3.8, 4) is 0 Å². The Kier molecular flexibility index (Phi) is 7.15. The molecule has 3 rings (SSSR count). The van der Waals surface area contributed by atoms with Gasteiger partial charge in [0.1, 0.15) is 0 Å². The molecule has 0 spiro atoms. The molecule has 4 nitrogen and oxygen atoms in total. The second-order valence-electron chi connectivity index (χ2n) is 7.51. The first-order valence-electron chi connectivity index (χ1n) is 9.92. The molecule has 2 amide bonds. The van der Waals surface area contributed by atoms with Gasteiger partial charge >= 0.3 is 0 Å². The first kappa shape index (κ1) is 20.5. The van der Waals surface area contributed by atoms with E-state index < -0.39 is 0 Å². The van der Waals surface area contributed by atoms with Crippen molar-refractivity contribution >= 4 is 35.0 Å². The van der Waals surface area contributed by atoms with Crippen LogP contribution < -0.4 is 10.6 Å². The smallest absolute Gasteiger partial charge is 0.234 e. The monoisotopic (exact) mass is 396 g/mol. The van der Waals surface area contributed by atoms with Crippen LogP contribution in [0, 0.1) is 19.8 Å². The van der Waals surface area contributed by atoms with Gasteiger partial charge in [-0.25, -0.2) is 0 Å². The van der Waals surface area contributed by atoms with Crippen molar-refractivity contribution in [1.29, 1.82) is 0 Å². The molecule has 0 atom stereocenters. The molecular weight excluding hydrogens is 368 g/mol. The van der Waals surface area contributed by atoms with E-state index in [1.807, 2.05) is 56.3 Å². The highest BCUT2D eigenvalue weighted by Crippen LogP contribution is 2.27. The molecule has 0 unspecified atom stereocenters. The fourth-order valence-corrected chi connectivity index (χ4v) is 4.23. The van der Waals surface area contributed by atoms with Crippen molar-refractivity contribution in [2.75, 3.05) is 16.4 Å². The molecule has 1 aliphatic carbocycles. The normalized spacial score (nSPS) is 14.5. The molecule has 0 saturated heterocycles. The number of hydrogen-bond acceptors (Lipinski definition) is 3. The minimum atomic E-state index is -0.0321. The number of rotatable bonds is 6. The van der Waals surface area contributed by atoms with Gasteiger partial charge in [0.15, 0.2) is 0 Å². The van der Waals surface area contributed by atoms with E-state index in [1.54, 1.807) is 0 Å². The number of amides is 2. The largest absolute Gasteiger partial charge is 0.326 e. The molecule has 0 heterocycles. The van der Waals surface area contributed by atoms with Gasteiger partial charge in [-0.15, -0.1) is 11.8 Å². The summed E-state index contributed by atoms with van der Waals surface area (Å²) in [5.74, 6) is 0.547. The fourth-order valence-electron chi connectivity index (χ4n) is 3.48. The van der Waals surface area contributed by atoms with Crippen molar-refractivity contribution in [1.82, 2.24) is 0 Å². The van der Waals surface area contributed by atoms with Crippen LogP contribution in [-0.2, 0) is 9.59 Å². The molecular formula is C23H28N2O2S.